The Morgan fingerprint density at radius 3 is 2.04 bits per heavy atom. The fraction of sp³-hybridized carbons (Fsp3) is 0.0476. The van der Waals surface area contributed by atoms with E-state index in [1.807, 2.05) is 30.3 Å². The van der Waals surface area contributed by atoms with Crippen LogP contribution in [0.25, 0.3) is 0 Å². The van der Waals surface area contributed by atoms with Gasteiger partial charge in [-0.2, -0.15) is 0 Å². The van der Waals surface area contributed by atoms with Crippen LogP contribution < -0.4 is 16.0 Å². The zero-order chi connectivity index (χ0) is 19.1. The van der Waals surface area contributed by atoms with Crippen LogP contribution in [0.4, 0.5) is 21.9 Å². The first-order valence-electron chi connectivity index (χ1n) is 8.36. The Morgan fingerprint density at radius 2 is 1.33 bits per heavy atom. The summed E-state index contributed by atoms with van der Waals surface area (Å²) in [6.07, 6.45) is 0.287. The van der Waals surface area contributed by atoms with E-state index in [2.05, 4.69) is 16.0 Å². The molecule has 3 amide bonds. The molecular formula is C21H18ClN3O2. The van der Waals surface area contributed by atoms with Crippen molar-refractivity contribution in [3.05, 3.63) is 89.4 Å². The molecule has 5 nitrogen and oxygen atoms in total. The zero-order valence-corrected chi connectivity index (χ0v) is 15.2. The largest absolute Gasteiger partial charge is 0.326 e. The van der Waals surface area contributed by atoms with Crippen LogP contribution in [-0.4, -0.2) is 11.9 Å². The predicted molar refractivity (Wildman–Crippen MR) is 109 cm³/mol. The summed E-state index contributed by atoms with van der Waals surface area (Å²) in [5, 5.41) is 8.88. The van der Waals surface area contributed by atoms with Crippen LogP contribution in [0.5, 0.6) is 0 Å². The van der Waals surface area contributed by atoms with Crippen molar-refractivity contribution in [1.82, 2.24) is 0 Å². The Labute approximate surface area is 162 Å². The lowest BCUT2D eigenvalue weighted by atomic mass is 10.1. The van der Waals surface area contributed by atoms with E-state index < -0.39 is 0 Å². The van der Waals surface area contributed by atoms with Crippen LogP contribution in [0.15, 0.2) is 78.9 Å². The zero-order valence-electron chi connectivity index (χ0n) is 14.4. The van der Waals surface area contributed by atoms with Crippen molar-refractivity contribution in [2.24, 2.45) is 0 Å². The van der Waals surface area contributed by atoms with Crippen LogP contribution >= 0.6 is 11.6 Å². The topological polar surface area (TPSA) is 70.2 Å². The minimum Gasteiger partial charge on any atom is -0.326 e. The highest BCUT2D eigenvalue weighted by Crippen LogP contribution is 2.17. The number of halogens is 1. The quantitative estimate of drug-likeness (QED) is 0.572. The molecule has 3 rings (SSSR count). The van der Waals surface area contributed by atoms with Gasteiger partial charge in [0.25, 0.3) is 0 Å². The molecule has 0 aliphatic heterocycles. The van der Waals surface area contributed by atoms with Gasteiger partial charge in [-0.1, -0.05) is 48.0 Å². The normalized spacial score (nSPS) is 10.1. The lowest BCUT2D eigenvalue weighted by Crippen LogP contribution is -2.19. The van der Waals surface area contributed by atoms with E-state index in [-0.39, 0.29) is 18.4 Å². The van der Waals surface area contributed by atoms with Gasteiger partial charge in [0.2, 0.25) is 5.91 Å². The van der Waals surface area contributed by atoms with Gasteiger partial charge in [-0.15, -0.1) is 0 Å². The molecule has 0 aliphatic rings. The molecule has 0 fully saturated rings. The minimum atomic E-state index is -0.384. The first-order valence-corrected chi connectivity index (χ1v) is 8.74. The molecule has 3 aromatic rings. The second kappa shape index (κ2) is 8.87. The van der Waals surface area contributed by atoms with Crippen LogP contribution in [-0.2, 0) is 11.2 Å². The van der Waals surface area contributed by atoms with Gasteiger partial charge in [0.1, 0.15) is 0 Å². The molecular weight excluding hydrogens is 362 g/mol. The van der Waals surface area contributed by atoms with E-state index >= 15 is 0 Å². The van der Waals surface area contributed by atoms with E-state index in [1.165, 1.54) is 0 Å². The van der Waals surface area contributed by atoms with E-state index in [4.69, 9.17) is 11.6 Å². The SMILES string of the molecule is O=C(Cc1ccccc1)Nc1cccc(NC(=O)Nc2ccc(Cl)cc2)c1. The van der Waals surface area contributed by atoms with Crippen LogP contribution in [0.2, 0.25) is 5.02 Å². The van der Waals surface area contributed by atoms with E-state index in [0.29, 0.717) is 22.1 Å². The average Bonchev–Trinajstić information content (AvgIpc) is 2.64. The molecule has 0 heterocycles. The molecule has 6 heteroatoms. The maximum absolute atomic E-state index is 12.2. The molecule has 0 aliphatic carbocycles. The molecule has 0 saturated heterocycles. The van der Waals surface area contributed by atoms with Crippen molar-refractivity contribution in [3.63, 3.8) is 0 Å². The first-order chi connectivity index (χ1) is 13.1. The number of rotatable bonds is 5. The molecule has 3 N–H and O–H groups in total. The molecule has 0 bridgehead atoms. The van der Waals surface area contributed by atoms with Crippen molar-refractivity contribution in [2.45, 2.75) is 6.42 Å². The van der Waals surface area contributed by atoms with Gasteiger partial charge in [-0.3, -0.25) is 4.79 Å². The third-order valence-electron chi connectivity index (χ3n) is 3.71. The van der Waals surface area contributed by atoms with Gasteiger partial charge < -0.3 is 16.0 Å². The highest BCUT2D eigenvalue weighted by atomic mass is 35.5. The maximum Gasteiger partial charge on any atom is 0.323 e. The number of benzene rings is 3. The molecule has 0 spiro atoms. The summed E-state index contributed by atoms with van der Waals surface area (Å²) in [7, 11) is 0. The van der Waals surface area contributed by atoms with Gasteiger partial charge in [0.15, 0.2) is 0 Å². The number of urea groups is 1. The highest BCUT2D eigenvalue weighted by Gasteiger charge is 2.06. The number of nitrogens with one attached hydrogen (secondary N) is 3. The Morgan fingerprint density at radius 1 is 0.704 bits per heavy atom. The van der Waals surface area contributed by atoms with E-state index in [9.17, 15) is 9.59 Å². The summed E-state index contributed by atoms with van der Waals surface area (Å²) in [4.78, 5) is 24.3. The number of anilines is 3. The lowest BCUT2D eigenvalue weighted by Gasteiger charge is -2.10. The van der Waals surface area contributed by atoms with Crippen LogP contribution in [0.3, 0.4) is 0 Å². The predicted octanol–water partition coefficient (Wildman–Crippen LogP) is 5.17. The third-order valence-corrected chi connectivity index (χ3v) is 3.97. The molecule has 0 aromatic heterocycles. The van der Waals surface area contributed by atoms with Gasteiger partial charge in [0, 0.05) is 22.1 Å². The maximum atomic E-state index is 12.2. The van der Waals surface area contributed by atoms with Crippen LogP contribution in [0.1, 0.15) is 5.56 Å². The monoisotopic (exact) mass is 379 g/mol. The number of carbonyl (C=O) groups is 2. The average molecular weight is 380 g/mol. The highest BCUT2D eigenvalue weighted by molar-refractivity contribution is 6.30. The van der Waals surface area contributed by atoms with Gasteiger partial charge in [0.05, 0.1) is 6.42 Å². The molecule has 136 valence electrons. The smallest absolute Gasteiger partial charge is 0.323 e. The minimum absolute atomic E-state index is 0.121. The van der Waals surface area contributed by atoms with E-state index in [0.717, 1.165) is 5.56 Å². The van der Waals surface area contributed by atoms with Crippen LogP contribution in [0, 0.1) is 0 Å². The number of amides is 3. The fourth-order valence-electron chi connectivity index (χ4n) is 2.49. The Hall–Kier alpha value is -3.31. The molecule has 27 heavy (non-hydrogen) atoms. The lowest BCUT2D eigenvalue weighted by molar-refractivity contribution is -0.115. The Kier molecular flexibility index (Phi) is 6.07. The van der Waals surface area contributed by atoms with Crippen molar-refractivity contribution >= 4 is 40.6 Å². The second-order valence-electron chi connectivity index (χ2n) is 5.88. The van der Waals surface area contributed by atoms with Crippen molar-refractivity contribution in [1.29, 1.82) is 0 Å². The summed E-state index contributed by atoms with van der Waals surface area (Å²) in [5.74, 6) is -0.121. The molecule has 0 saturated carbocycles. The third kappa shape index (κ3) is 5.87. The first kappa shape index (κ1) is 18.5. The summed E-state index contributed by atoms with van der Waals surface area (Å²) < 4.78 is 0. The van der Waals surface area contributed by atoms with Crippen molar-refractivity contribution in [2.75, 3.05) is 16.0 Å². The van der Waals surface area contributed by atoms with Crippen molar-refractivity contribution < 1.29 is 9.59 Å². The number of hydrogen-bond acceptors (Lipinski definition) is 2. The van der Waals surface area contributed by atoms with Gasteiger partial charge >= 0.3 is 6.03 Å². The van der Waals surface area contributed by atoms with Crippen molar-refractivity contribution in [3.8, 4) is 0 Å². The second-order valence-corrected chi connectivity index (χ2v) is 6.31. The summed E-state index contributed by atoms with van der Waals surface area (Å²) >= 11 is 5.83. The Bertz CT molecular complexity index is 928. The van der Waals surface area contributed by atoms with E-state index in [1.54, 1.807) is 48.5 Å². The Balaban J connectivity index is 1.57. The molecule has 0 unspecified atom stereocenters. The standard InChI is InChI=1S/C21H18ClN3O2/c22-16-9-11-17(12-10-16)24-21(27)25-19-8-4-7-18(14-19)23-20(26)13-15-5-2-1-3-6-15/h1-12,14H,13H2,(H,23,26)(H2,24,25,27). The molecule has 0 radical (unpaired) electrons. The summed E-state index contributed by atoms with van der Waals surface area (Å²) in [5.41, 5.74) is 2.75. The van der Waals surface area contributed by atoms with Gasteiger partial charge in [-0.25, -0.2) is 4.79 Å². The number of hydrogen-bond donors (Lipinski definition) is 3. The molecule has 3 aromatic carbocycles. The van der Waals surface area contributed by atoms with Gasteiger partial charge in [-0.05, 0) is 48.0 Å². The summed E-state index contributed by atoms with van der Waals surface area (Å²) in [6.45, 7) is 0. The molecule has 0 atom stereocenters. The summed E-state index contributed by atoms with van der Waals surface area (Å²) in [6, 6.07) is 22.9. The number of carbonyl (C=O) groups excluding carboxylic acids is 2. The fourth-order valence-corrected chi connectivity index (χ4v) is 2.61.